The molecule has 116 valence electrons. The van der Waals surface area contributed by atoms with Gasteiger partial charge in [-0.1, -0.05) is 18.2 Å². The molecule has 0 atom stereocenters. The van der Waals surface area contributed by atoms with Crippen LogP contribution in [0.15, 0.2) is 36.9 Å². The zero-order chi connectivity index (χ0) is 15.4. The van der Waals surface area contributed by atoms with E-state index in [1.165, 1.54) is 6.33 Å². The lowest BCUT2D eigenvalue weighted by atomic mass is 10.0. The molecule has 0 saturated carbocycles. The summed E-state index contributed by atoms with van der Waals surface area (Å²) < 4.78 is 1.74. The van der Waals surface area contributed by atoms with Crippen molar-refractivity contribution < 1.29 is 4.79 Å². The second-order valence-electron chi connectivity index (χ2n) is 5.61. The molecule has 3 rings (SSSR count). The molecule has 1 saturated heterocycles. The highest BCUT2D eigenvalue weighted by Gasteiger charge is 2.24. The second-order valence-corrected chi connectivity index (χ2v) is 5.61. The van der Waals surface area contributed by atoms with Gasteiger partial charge in [0.2, 0.25) is 0 Å². The van der Waals surface area contributed by atoms with Crippen LogP contribution in [0.5, 0.6) is 0 Å². The van der Waals surface area contributed by atoms with Crippen LogP contribution in [0.2, 0.25) is 0 Å². The fraction of sp³-hybridized carbons (Fsp3) is 0.438. The van der Waals surface area contributed by atoms with E-state index >= 15 is 0 Å². The number of likely N-dealkylation sites (tertiary alicyclic amines) is 1. The summed E-state index contributed by atoms with van der Waals surface area (Å²) in [6.45, 7) is 2.18. The summed E-state index contributed by atoms with van der Waals surface area (Å²) in [5.41, 5.74) is 1.75. The lowest BCUT2D eigenvalue weighted by Crippen LogP contribution is -2.44. The van der Waals surface area contributed by atoms with Gasteiger partial charge in [-0.15, -0.1) is 0 Å². The van der Waals surface area contributed by atoms with Gasteiger partial charge in [-0.3, -0.25) is 4.79 Å². The summed E-state index contributed by atoms with van der Waals surface area (Å²) in [5, 5.41) is 7.41. The molecule has 1 N–H and O–H groups in total. The van der Waals surface area contributed by atoms with Crippen LogP contribution in [0, 0.1) is 0 Å². The van der Waals surface area contributed by atoms with Gasteiger partial charge in [-0.25, -0.2) is 9.67 Å². The van der Waals surface area contributed by atoms with E-state index in [1.807, 2.05) is 36.2 Å². The first-order valence-electron chi connectivity index (χ1n) is 7.65. The molecule has 6 heteroatoms. The molecule has 1 fully saturated rings. The maximum Gasteiger partial charge on any atom is 0.254 e. The van der Waals surface area contributed by atoms with Crippen molar-refractivity contribution >= 4 is 5.91 Å². The molecule has 0 spiro atoms. The first-order chi connectivity index (χ1) is 10.8. The molecular weight excluding hydrogens is 278 g/mol. The Labute approximate surface area is 130 Å². The van der Waals surface area contributed by atoms with Gasteiger partial charge < -0.3 is 10.2 Å². The maximum atomic E-state index is 12.8. The SMILES string of the molecule is CNC1CCN(C(=O)c2ccccc2Cn2cncn2)CC1. The zero-order valence-electron chi connectivity index (χ0n) is 12.8. The first kappa shape index (κ1) is 14.7. The molecule has 0 radical (unpaired) electrons. The minimum absolute atomic E-state index is 0.116. The van der Waals surface area contributed by atoms with Gasteiger partial charge in [0.15, 0.2) is 0 Å². The van der Waals surface area contributed by atoms with Crippen LogP contribution < -0.4 is 5.32 Å². The predicted octanol–water partition coefficient (Wildman–Crippen LogP) is 1.15. The molecule has 1 aromatic heterocycles. The Balaban J connectivity index is 1.75. The summed E-state index contributed by atoms with van der Waals surface area (Å²) in [5.74, 6) is 0.116. The number of rotatable bonds is 4. The van der Waals surface area contributed by atoms with Crippen molar-refractivity contribution in [1.82, 2.24) is 25.0 Å². The number of amides is 1. The summed E-state index contributed by atoms with van der Waals surface area (Å²) in [6.07, 6.45) is 5.19. The van der Waals surface area contributed by atoms with Gasteiger partial charge in [0.05, 0.1) is 6.54 Å². The van der Waals surface area contributed by atoms with Gasteiger partial charge in [-0.2, -0.15) is 5.10 Å². The number of piperidine rings is 1. The van der Waals surface area contributed by atoms with E-state index in [1.54, 1.807) is 11.0 Å². The largest absolute Gasteiger partial charge is 0.339 e. The summed E-state index contributed by atoms with van der Waals surface area (Å²) >= 11 is 0. The van der Waals surface area contributed by atoms with E-state index in [0.29, 0.717) is 12.6 Å². The number of nitrogens with one attached hydrogen (secondary N) is 1. The third-order valence-corrected chi connectivity index (χ3v) is 4.24. The first-order valence-corrected chi connectivity index (χ1v) is 7.65. The maximum absolute atomic E-state index is 12.8. The van der Waals surface area contributed by atoms with Crippen LogP contribution in [-0.4, -0.2) is 51.8 Å². The molecule has 22 heavy (non-hydrogen) atoms. The number of hydrogen-bond acceptors (Lipinski definition) is 4. The van der Waals surface area contributed by atoms with E-state index < -0.39 is 0 Å². The number of hydrogen-bond donors (Lipinski definition) is 1. The highest BCUT2D eigenvalue weighted by atomic mass is 16.2. The van der Waals surface area contributed by atoms with Gasteiger partial charge in [0, 0.05) is 24.7 Å². The molecule has 0 unspecified atom stereocenters. The molecule has 0 aliphatic carbocycles. The minimum atomic E-state index is 0.116. The molecule has 1 aromatic carbocycles. The molecule has 1 aliphatic heterocycles. The zero-order valence-corrected chi connectivity index (χ0v) is 12.8. The summed E-state index contributed by atoms with van der Waals surface area (Å²) in [4.78, 5) is 18.7. The van der Waals surface area contributed by atoms with Gasteiger partial charge in [-0.05, 0) is 31.5 Å². The highest BCUT2D eigenvalue weighted by Crippen LogP contribution is 2.17. The number of carbonyl (C=O) groups excluding carboxylic acids is 1. The van der Waals surface area contributed by atoms with E-state index in [0.717, 1.165) is 37.1 Å². The number of benzene rings is 1. The van der Waals surface area contributed by atoms with Gasteiger partial charge in [0.25, 0.3) is 5.91 Å². The fourth-order valence-electron chi connectivity index (χ4n) is 2.90. The minimum Gasteiger partial charge on any atom is -0.339 e. The van der Waals surface area contributed by atoms with E-state index in [-0.39, 0.29) is 5.91 Å². The molecule has 6 nitrogen and oxygen atoms in total. The normalized spacial score (nSPS) is 16.0. The monoisotopic (exact) mass is 299 g/mol. The van der Waals surface area contributed by atoms with Crippen LogP contribution in [0.1, 0.15) is 28.8 Å². The fourth-order valence-corrected chi connectivity index (χ4v) is 2.90. The van der Waals surface area contributed by atoms with E-state index in [2.05, 4.69) is 15.4 Å². The van der Waals surface area contributed by atoms with Crippen molar-refractivity contribution in [2.75, 3.05) is 20.1 Å². The van der Waals surface area contributed by atoms with Crippen LogP contribution in [-0.2, 0) is 6.54 Å². The molecule has 2 aromatic rings. The summed E-state index contributed by atoms with van der Waals surface area (Å²) in [6, 6.07) is 8.28. The average Bonchev–Trinajstić information content (AvgIpc) is 3.08. The Morgan fingerprint density at radius 3 is 2.77 bits per heavy atom. The number of aromatic nitrogens is 3. The molecule has 0 bridgehead atoms. The summed E-state index contributed by atoms with van der Waals surface area (Å²) in [7, 11) is 1.98. The second kappa shape index (κ2) is 6.70. The van der Waals surface area contributed by atoms with Crippen LogP contribution in [0.4, 0.5) is 0 Å². The highest BCUT2D eigenvalue weighted by molar-refractivity contribution is 5.95. The number of nitrogens with zero attached hydrogens (tertiary/aromatic N) is 4. The smallest absolute Gasteiger partial charge is 0.254 e. The Hall–Kier alpha value is -2.21. The lowest BCUT2D eigenvalue weighted by molar-refractivity contribution is 0.0706. The van der Waals surface area contributed by atoms with Crippen LogP contribution >= 0.6 is 0 Å². The molecular formula is C16H21N5O. The Bertz CT molecular complexity index is 617. The molecule has 2 heterocycles. The Morgan fingerprint density at radius 2 is 2.09 bits per heavy atom. The Morgan fingerprint density at radius 1 is 1.32 bits per heavy atom. The molecule has 1 aliphatic rings. The van der Waals surface area contributed by atoms with Crippen molar-refractivity contribution in [1.29, 1.82) is 0 Å². The standard InChI is InChI=1S/C16H21N5O/c1-17-14-6-8-20(9-7-14)16(22)15-5-3-2-4-13(15)10-21-12-18-11-19-21/h2-5,11-12,14,17H,6-10H2,1H3. The third kappa shape index (κ3) is 3.17. The van der Waals surface area contributed by atoms with E-state index in [4.69, 9.17) is 0 Å². The van der Waals surface area contributed by atoms with Gasteiger partial charge >= 0.3 is 0 Å². The number of carbonyl (C=O) groups is 1. The van der Waals surface area contributed by atoms with Crippen molar-refractivity contribution in [3.8, 4) is 0 Å². The van der Waals surface area contributed by atoms with Crippen molar-refractivity contribution in [3.05, 3.63) is 48.0 Å². The Kier molecular flexibility index (Phi) is 4.48. The topological polar surface area (TPSA) is 63.1 Å². The predicted molar refractivity (Wildman–Crippen MR) is 83.6 cm³/mol. The van der Waals surface area contributed by atoms with E-state index in [9.17, 15) is 4.79 Å². The third-order valence-electron chi connectivity index (χ3n) is 4.24. The van der Waals surface area contributed by atoms with Crippen LogP contribution in [0.3, 0.4) is 0 Å². The lowest BCUT2D eigenvalue weighted by Gasteiger charge is -2.32. The van der Waals surface area contributed by atoms with Crippen molar-refractivity contribution in [2.24, 2.45) is 0 Å². The van der Waals surface area contributed by atoms with Gasteiger partial charge in [0.1, 0.15) is 12.7 Å². The van der Waals surface area contributed by atoms with Crippen molar-refractivity contribution in [3.63, 3.8) is 0 Å². The molecule has 1 amide bonds. The average molecular weight is 299 g/mol. The quantitative estimate of drug-likeness (QED) is 0.920. The van der Waals surface area contributed by atoms with Crippen LogP contribution in [0.25, 0.3) is 0 Å². The van der Waals surface area contributed by atoms with Crippen molar-refractivity contribution in [2.45, 2.75) is 25.4 Å².